The third-order valence-electron chi connectivity index (χ3n) is 6.37. The van der Waals surface area contributed by atoms with Crippen LogP contribution in [0.3, 0.4) is 0 Å². The maximum atomic E-state index is 13.2. The Hall–Kier alpha value is -2.90. The van der Waals surface area contributed by atoms with Gasteiger partial charge in [-0.25, -0.2) is 4.63 Å². The number of likely N-dealkylation sites (tertiary alicyclic amines) is 1. The van der Waals surface area contributed by atoms with E-state index < -0.39 is 5.41 Å². The highest BCUT2D eigenvalue weighted by Crippen LogP contribution is 2.32. The van der Waals surface area contributed by atoms with Gasteiger partial charge in [0.15, 0.2) is 0 Å². The topological polar surface area (TPSA) is 91.6 Å². The minimum atomic E-state index is -0.632. The molecule has 160 valence electrons. The molecular weight excluding hydrogens is 382 g/mol. The quantitative estimate of drug-likeness (QED) is 0.830. The van der Waals surface area contributed by atoms with Crippen molar-refractivity contribution in [1.29, 1.82) is 0 Å². The monoisotopic (exact) mass is 411 g/mol. The average molecular weight is 412 g/mol. The highest BCUT2D eigenvalue weighted by Gasteiger charge is 2.39. The van der Waals surface area contributed by atoms with Crippen LogP contribution in [0.4, 0.5) is 5.69 Å². The Morgan fingerprint density at radius 1 is 1.23 bits per heavy atom. The smallest absolute Gasteiger partial charge is 0.253 e. The van der Waals surface area contributed by atoms with Crippen molar-refractivity contribution in [1.82, 2.24) is 20.5 Å². The number of rotatable bonds is 4. The van der Waals surface area contributed by atoms with E-state index in [1.165, 1.54) is 11.3 Å². The van der Waals surface area contributed by atoms with Gasteiger partial charge in [0.1, 0.15) is 11.4 Å². The van der Waals surface area contributed by atoms with Gasteiger partial charge in [-0.3, -0.25) is 9.59 Å². The second-order valence-corrected chi connectivity index (χ2v) is 8.74. The normalized spacial score (nSPS) is 21.3. The molecule has 0 aliphatic carbocycles. The number of aromatic nitrogens is 2. The molecule has 1 saturated heterocycles. The van der Waals surface area contributed by atoms with E-state index in [1.54, 1.807) is 6.92 Å². The number of piperidine rings is 1. The summed E-state index contributed by atoms with van der Waals surface area (Å²) in [6.07, 6.45) is 3.64. The molecule has 0 spiro atoms. The Balaban J connectivity index is 1.44. The number of carbonyl (C=O) groups is 2. The zero-order valence-electron chi connectivity index (χ0n) is 17.9. The molecule has 0 radical (unpaired) electrons. The third kappa shape index (κ3) is 3.91. The first-order valence-corrected chi connectivity index (χ1v) is 10.6. The average Bonchev–Trinajstić information content (AvgIpc) is 3.16. The summed E-state index contributed by atoms with van der Waals surface area (Å²) in [5, 5.41) is 10.5. The molecule has 1 aromatic heterocycles. The predicted octanol–water partition coefficient (Wildman–Crippen LogP) is 2.32. The number of anilines is 1. The van der Waals surface area contributed by atoms with Crippen molar-refractivity contribution in [3.63, 3.8) is 0 Å². The number of nitrogens with zero attached hydrogens (tertiary/aromatic N) is 4. The van der Waals surface area contributed by atoms with Crippen molar-refractivity contribution in [2.45, 2.75) is 46.1 Å². The summed E-state index contributed by atoms with van der Waals surface area (Å²) in [5.41, 5.74) is 3.79. The van der Waals surface area contributed by atoms with Crippen molar-refractivity contribution in [2.75, 3.05) is 31.6 Å². The lowest BCUT2D eigenvalue weighted by molar-refractivity contribution is -0.132. The van der Waals surface area contributed by atoms with E-state index in [1.807, 2.05) is 30.0 Å². The molecule has 0 bridgehead atoms. The minimum absolute atomic E-state index is 0.00120. The Kier molecular flexibility index (Phi) is 5.49. The van der Waals surface area contributed by atoms with E-state index in [4.69, 9.17) is 0 Å². The molecule has 8 nitrogen and oxygen atoms in total. The molecule has 2 aromatic rings. The van der Waals surface area contributed by atoms with Gasteiger partial charge < -0.3 is 15.1 Å². The molecule has 4 rings (SSSR count). The van der Waals surface area contributed by atoms with Crippen LogP contribution in [0, 0.1) is 12.3 Å². The first-order chi connectivity index (χ1) is 14.4. The summed E-state index contributed by atoms with van der Waals surface area (Å²) in [4.78, 5) is 30.2. The van der Waals surface area contributed by atoms with Crippen LogP contribution in [0.15, 0.2) is 22.8 Å². The van der Waals surface area contributed by atoms with Gasteiger partial charge in [-0.1, -0.05) is 10.3 Å². The number of hydrogen-bond donors (Lipinski definition) is 1. The number of fused-ring (bicyclic) bond motifs is 1. The highest BCUT2D eigenvalue weighted by molar-refractivity contribution is 5.95. The summed E-state index contributed by atoms with van der Waals surface area (Å²) in [6.45, 7) is 6.12. The first-order valence-electron chi connectivity index (χ1n) is 10.6. The third-order valence-corrected chi connectivity index (χ3v) is 6.37. The molecule has 1 N–H and O–H groups in total. The Labute approximate surface area is 176 Å². The Bertz CT molecular complexity index is 956. The molecule has 2 aliphatic rings. The van der Waals surface area contributed by atoms with Crippen molar-refractivity contribution in [2.24, 2.45) is 5.41 Å². The summed E-state index contributed by atoms with van der Waals surface area (Å²) < 4.78 is 4.68. The van der Waals surface area contributed by atoms with Gasteiger partial charge in [-0.05, 0) is 63.3 Å². The molecule has 2 aliphatic heterocycles. The van der Waals surface area contributed by atoms with E-state index in [-0.39, 0.29) is 18.4 Å². The fraction of sp³-hybridized carbons (Fsp3) is 0.545. The minimum Gasteiger partial charge on any atom is -0.374 e. The Morgan fingerprint density at radius 3 is 2.83 bits per heavy atom. The van der Waals surface area contributed by atoms with Crippen LogP contribution in [0.1, 0.15) is 53.5 Å². The van der Waals surface area contributed by atoms with Crippen LogP contribution >= 0.6 is 0 Å². The van der Waals surface area contributed by atoms with Crippen LogP contribution in [0.5, 0.6) is 0 Å². The number of benzene rings is 1. The lowest BCUT2D eigenvalue weighted by Gasteiger charge is -2.39. The molecule has 30 heavy (non-hydrogen) atoms. The summed E-state index contributed by atoms with van der Waals surface area (Å²) in [7, 11) is 2.09. The molecule has 3 heterocycles. The van der Waals surface area contributed by atoms with Crippen LogP contribution in [0.2, 0.25) is 0 Å². The van der Waals surface area contributed by atoms with Crippen LogP contribution in [0.25, 0.3) is 0 Å². The van der Waals surface area contributed by atoms with Gasteiger partial charge in [0.2, 0.25) is 5.91 Å². The van der Waals surface area contributed by atoms with Gasteiger partial charge in [-0.2, -0.15) is 0 Å². The molecule has 0 saturated carbocycles. The van der Waals surface area contributed by atoms with Crippen molar-refractivity contribution >= 4 is 17.5 Å². The SMILES string of the molecule is Cc1nonc1CNC(=O)[C@@]1(C)CCCN(C(=O)c2ccc3c(c2)CCCN3C)C1. The molecule has 1 atom stereocenters. The van der Waals surface area contributed by atoms with Crippen LogP contribution in [-0.4, -0.2) is 53.7 Å². The zero-order chi connectivity index (χ0) is 21.3. The van der Waals surface area contributed by atoms with Crippen molar-refractivity contribution in [3.8, 4) is 0 Å². The van der Waals surface area contributed by atoms with Gasteiger partial charge in [0.25, 0.3) is 5.91 Å². The van der Waals surface area contributed by atoms with Gasteiger partial charge >= 0.3 is 0 Å². The number of hydrogen-bond acceptors (Lipinski definition) is 6. The number of aryl methyl sites for hydroxylation is 2. The standard InChI is InChI=1S/C22H29N5O3/c1-15-18(25-30-24-15)13-23-21(29)22(2)9-5-11-27(14-22)20(28)17-7-8-19-16(12-17)6-4-10-26(19)3/h7-8,12H,4-6,9-11,13-14H2,1-3H3,(H,23,29)/t22-/m0/s1. The summed E-state index contributed by atoms with van der Waals surface area (Å²) in [6, 6.07) is 5.99. The van der Waals surface area contributed by atoms with Gasteiger partial charge in [-0.15, -0.1) is 0 Å². The van der Waals surface area contributed by atoms with Crippen LogP contribution < -0.4 is 10.2 Å². The first kappa shape index (κ1) is 20.4. The fourth-order valence-corrected chi connectivity index (χ4v) is 4.49. The van der Waals surface area contributed by atoms with E-state index in [9.17, 15) is 9.59 Å². The molecule has 0 unspecified atom stereocenters. The van der Waals surface area contributed by atoms with E-state index >= 15 is 0 Å². The molecule has 1 fully saturated rings. The summed E-state index contributed by atoms with van der Waals surface area (Å²) in [5.74, 6) is -0.0734. The van der Waals surface area contributed by atoms with Crippen LogP contribution in [-0.2, 0) is 17.8 Å². The number of nitrogens with one attached hydrogen (secondary N) is 1. The molecule has 2 amide bonds. The van der Waals surface area contributed by atoms with Gasteiger partial charge in [0, 0.05) is 37.9 Å². The molecule has 8 heteroatoms. The molecular formula is C22H29N5O3. The van der Waals surface area contributed by atoms with E-state index in [2.05, 4.69) is 32.2 Å². The van der Waals surface area contributed by atoms with Crippen molar-refractivity contribution in [3.05, 3.63) is 40.7 Å². The molecule has 1 aromatic carbocycles. The lowest BCUT2D eigenvalue weighted by atomic mass is 9.80. The maximum absolute atomic E-state index is 13.2. The second kappa shape index (κ2) is 8.08. The van der Waals surface area contributed by atoms with E-state index in [0.717, 1.165) is 32.2 Å². The zero-order valence-corrected chi connectivity index (χ0v) is 17.9. The van der Waals surface area contributed by atoms with Crippen molar-refractivity contribution < 1.29 is 14.2 Å². The number of carbonyl (C=O) groups excluding carboxylic acids is 2. The Morgan fingerprint density at radius 2 is 2.07 bits per heavy atom. The highest BCUT2D eigenvalue weighted by atomic mass is 16.6. The second-order valence-electron chi connectivity index (χ2n) is 8.74. The largest absolute Gasteiger partial charge is 0.374 e. The maximum Gasteiger partial charge on any atom is 0.253 e. The lowest BCUT2D eigenvalue weighted by Crippen LogP contribution is -2.51. The van der Waals surface area contributed by atoms with E-state index in [0.29, 0.717) is 30.0 Å². The van der Waals surface area contributed by atoms with Gasteiger partial charge in [0.05, 0.1) is 12.0 Å². The fourth-order valence-electron chi connectivity index (χ4n) is 4.49. The predicted molar refractivity (Wildman–Crippen MR) is 112 cm³/mol. The summed E-state index contributed by atoms with van der Waals surface area (Å²) >= 11 is 0. The number of amides is 2.